The fourth-order valence-corrected chi connectivity index (χ4v) is 3.98. The van der Waals surface area contributed by atoms with E-state index in [1.807, 2.05) is 13.0 Å². The van der Waals surface area contributed by atoms with Crippen LogP contribution in [0, 0.1) is 13.8 Å². The molecule has 2 fully saturated rings. The number of barbiturate groups is 1. The number of aromatic nitrogens is 1. The molecule has 1 aromatic rings. The van der Waals surface area contributed by atoms with Gasteiger partial charge in [0.25, 0.3) is 11.8 Å². The molecule has 0 aromatic carbocycles. The van der Waals surface area contributed by atoms with Crippen LogP contribution in [0.2, 0.25) is 0 Å². The van der Waals surface area contributed by atoms with Crippen LogP contribution in [0.25, 0.3) is 6.08 Å². The Hall–Kier alpha value is -2.37. The summed E-state index contributed by atoms with van der Waals surface area (Å²) in [4.78, 5) is 38.6. The van der Waals surface area contributed by atoms with Crippen LogP contribution in [0.3, 0.4) is 0 Å². The van der Waals surface area contributed by atoms with E-state index in [2.05, 4.69) is 11.5 Å². The first-order valence-electron chi connectivity index (χ1n) is 8.83. The van der Waals surface area contributed by atoms with Gasteiger partial charge in [-0.15, -0.1) is 0 Å². The molecule has 4 amide bonds. The average Bonchev–Trinajstić information content (AvgIpc) is 2.89. The fourth-order valence-electron chi connectivity index (χ4n) is 3.98. The Morgan fingerprint density at radius 3 is 2.08 bits per heavy atom. The number of aryl methyl sites for hydroxylation is 1. The predicted molar refractivity (Wildman–Crippen MR) is 94.9 cm³/mol. The van der Waals surface area contributed by atoms with Crippen LogP contribution in [0.4, 0.5) is 4.79 Å². The quantitative estimate of drug-likeness (QED) is 0.612. The third kappa shape index (κ3) is 2.90. The maximum absolute atomic E-state index is 12.4. The van der Waals surface area contributed by atoms with Crippen molar-refractivity contribution in [3.05, 3.63) is 28.6 Å². The Bertz CT molecular complexity index is 743. The van der Waals surface area contributed by atoms with Crippen LogP contribution in [0.1, 0.15) is 55.1 Å². The SMILES string of the molecule is Cc1cc(C=C2C(=O)N(C)C(=O)N(C)C2=O)c(C)n1C1CCCCC1. The molecule has 25 heavy (non-hydrogen) atoms. The molecule has 1 aliphatic carbocycles. The van der Waals surface area contributed by atoms with E-state index in [0.29, 0.717) is 6.04 Å². The summed E-state index contributed by atoms with van der Waals surface area (Å²) >= 11 is 0. The third-order valence-electron chi connectivity index (χ3n) is 5.41. The van der Waals surface area contributed by atoms with Crippen molar-refractivity contribution in [2.45, 2.75) is 52.0 Å². The number of likely N-dealkylation sites (N-methyl/N-ethyl adjacent to an activating group) is 2. The number of hydrogen-bond acceptors (Lipinski definition) is 3. The van der Waals surface area contributed by atoms with Gasteiger partial charge >= 0.3 is 6.03 Å². The van der Waals surface area contributed by atoms with E-state index < -0.39 is 17.8 Å². The predicted octanol–water partition coefficient (Wildman–Crippen LogP) is 3.04. The van der Waals surface area contributed by atoms with Gasteiger partial charge in [0.2, 0.25) is 0 Å². The van der Waals surface area contributed by atoms with Gasteiger partial charge in [-0.3, -0.25) is 19.4 Å². The smallest absolute Gasteiger partial charge is 0.333 e. The van der Waals surface area contributed by atoms with Gasteiger partial charge in [0.15, 0.2) is 0 Å². The van der Waals surface area contributed by atoms with Crippen molar-refractivity contribution in [1.82, 2.24) is 14.4 Å². The minimum Gasteiger partial charge on any atom is -0.346 e. The van der Waals surface area contributed by atoms with E-state index in [-0.39, 0.29) is 5.57 Å². The highest BCUT2D eigenvalue weighted by Gasteiger charge is 2.38. The highest BCUT2D eigenvalue weighted by Crippen LogP contribution is 2.33. The largest absolute Gasteiger partial charge is 0.346 e. The summed E-state index contributed by atoms with van der Waals surface area (Å²) in [5.74, 6) is -1.09. The molecule has 134 valence electrons. The van der Waals surface area contributed by atoms with Gasteiger partial charge in [-0.25, -0.2) is 4.79 Å². The first-order chi connectivity index (χ1) is 11.8. The number of urea groups is 1. The van der Waals surface area contributed by atoms with E-state index in [4.69, 9.17) is 0 Å². The standard InChI is InChI=1S/C19H25N3O3/c1-12-10-14(13(2)22(12)15-8-6-5-7-9-15)11-16-17(23)20(3)19(25)21(4)18(16)24/h10-11,15H,5-9H2,1-4H3. The van der Waals surface area contributed by atoms with E-state index in [0.717, 1.165) is 26.8 Å². The van der Waals surface area contributed by atoms with Gasteiger partial charge in [-0.1, -0.05) is 19.3 Å². The van der Waals surface area contributed by atoms with Crippen molar-refractivity contribution in [2.24, 2.45) is 0 Å². The second kappa shape index (κ2) is 6.50. The van der Waals surface area contributed by atoms with Crippen LogP contribution < -0.4 is 0 Å². The van der Waals surface area contributed by atoms with Crippen LogP contribution in [0.5, 0.6) is 0 Å². The monoisotopic (exact) mass is 343 g/mol. The normalized spacial score (nSPS) is 19.8. The van der Waals surface area contributed by atoms with E-state index in [1.165, 1.54) is 46.2 Å². The summed E-state index contributed by atoms with van der Waals surface area (Å²) < 4.78 is 2.34. The molecule has 0 N–H and O–H groups in total. The number of carbonyl (C=O) groups is 3. The molecule has 2 heterocycles. The first kappa shape index (κ1) is 17.5. The lowest BCUT2D eigenvalue weighted by Gasteiger charge is -2.29. The molecule has 3 rings (SSSR count). The van der Waals surface area contributed by atoms with Gasteiger partial charge in [0.1, 0.15) is 5.57 Å². The molecule has 2 aliphatic rings. The third-order valence-corrected chi connectivity index (χ3v) is 5.41. The van der Waals surface area contributed by atoms with E-state index in [9.17, 15) is 14.4 Å². The van der Waals surface area contributed by atoms with Crippen LogP contribution in [0.15, 0.2) is 11.6 Å². The molecule has 0 bridgehead atoms. The van der Waals surface area contributed by atoms with Crippen LogP contribution in [-0.2, 0) is 9.59 Å². The van der Waals surface area contributed by atoms with Gasteiger partial charge in [0, 0.05) is 31.5 Å². The average molecular weight is 343 g/mol. The maximum Gasteiger partial charge on any atom is 0.333 e. The zero-order chi connectivity index (χ0) is 18.3. The number of nitrogens with zero attached hydrogens (tertiary/aromatic N) is 3. The van der Waals surface area contributed by atoms with Crippen molar-refractivity contribution >= 4 is 23.9 Å². The Labute approximate surface area is 148 Å². The molecular weight excluding hydrogens is 318 g/mol. The molecule has 0 spiro atoms. The molecule has 0 unspecified atom stereocenters. The molecule has 0 radical (unpaired) electrons. The summed E-state index contributed by atoms with van der Waals surface area (Å²) in [6, 6.07) is 1.92. The van der Waals surface area contributed by atoms with Crippen molar-refractivity contribution in [2.75, 3.05) is 14.1 Å². The number of imide groups is 2. The highest BCUT2D eigenvalue weighted by molar-refractivity contribution is 6.30. The molecule has 1 saturated carbocycles. The molecule has 1 aliphatic heterocycles. The summed E-state index contributed by atoms with van der Waals surface area (Å²) in [5, 5.41) is 0. The van der Waals surface area contributed by atoms with Crippen molar-refractivity contribution in [1.29, 1.82) is 0 Å². The van der Waals surface area contributed by atoms with E-state index in [1.54, 1.807) is 6.08 Å². The summed E-state index contributed by atoms with van der Waals surface area (Å²) in [5.41, 5.74) is 3.12. The maximum atomic E-state index is 12.4. The Morgan fingerprint density at radius 1 is 0.960 bits per heavy atom. The van der Waals surface area contributed by atoms with Gasteiger partial charge in [-0.05, 0) is 44.4 Å². The van der Waals surface area contributed by atoms with E-state index >= 15 is 0 Å². The summed E-state index contributed by atoms with van der Waals surface area (Å²) in [6.07, 6.45) is 7.75. The van der Waals surface area contributed by atoms with Crippen LogP contribution in [-0.4, -0.2) is 46.3 Å². The molecule has 6 nitrogen and oxygen atoms in total. The Morgan fingerprint density at radius 2 is 1.52 bits per heavy atom. The molecule has 1 saturated heterocycles. The lowest BCUT2D eigenvalue weighted by Crippen LogP contribution is -2.52. The van der Waals surface area contributed by atoms with Crippen molar-refractivity contribution in [3.8, 4) is 0 Å². The zero-order valence-corrected chi connectivity index (χ0v) is 15.3. The second-order valence-corrected chi connectivity index (χ2v) is 7.06. The minimum absolute atomic E-state index is 0.0356. The van der Waals surface area contributed by atoms with Crippen molar-refractivity contribution in [3.63, 3.8) is 0 Å². The zero-order valence-electron chi connectivity index (χ0n) is 15.3. The lowest BCUT2D eigenvalue weighted by molar-refractivity contribution is -0.134. The van der Waals surface area contributed by atoms with Crippen molar-refractivity contribution < 1.29 is 14.4 Å². The molecular formula is C19H25N3O3. The Balaban J connectivity index is 1.99. The first-order valence-corrected chi connectivity index (χ1v) is 8.83. The van der Waals surface area contributed by atoms with Gasteiger partial charge in [0.05, 0.1) is 0 Å². The van der Waals surface area contributed by atoms with Gasteiger partial charge in [-0.2, -0.15) is 0 Å². The number of carbonyl (C=O) groups excluding carboxylic acids is 3. The highest BCUT2D eigenvalue weighted by atomic mass is 16.2. The molecule has 1 aromatic heterocycles. The lowest BCUT2D eigenvalue weighted by atomic mass is 9.95. The summed E-state index contributed by atoms with van der Waals surface area (Å²) in [6.45, 7) is 4.10. The second-order valence-electron chi connectivity index (χ2n) is 7.06. The molecule has 0 atom stereocenters. The number of hydrogen-bond donors (Lipinski definition) is 0. The number of amides is 4. The summed E-state index contributed by atoms with van der Waals surface area (Å²) in [7, 11) is 2.79. The van der Waals surface area contributed by atoms with Gasteiger partial charge < -0.3 is 4.57 Å². The fraction of sp³-hybridized carbons (Fsp3) is 0.526. The Kier molecular flexibility index (Phi) is 4.54. The topological polar surface area (TPSA) is 62.6 Å². The number of rotatable bonds is 2. The van der Waals surface area contributed by atoms with Crippen LogP contribution >= 0.6 is 0 Å². The molecule has 6 heteroatoms. The minimum atomic E-state index is -0.597.